The smallest absolute Gasteiger partial charge is 0.326 e. The van der Waals surface area contributed by atoms with Gasteiger partial charge in [0.05, 0.1) is 25.6 Å². The second-order valence-electron chi connectivity index (χ2n) is 25.3. The Balaban J connectivity index is 2.35. The highest BCUT2D eigenvalue weighted by Crippen LogP contribution is 2.21. The molecule has 1 aliphatic heterocycles. The van der Waals surface area contributed by atoms with Gasteiger partial charge in [0.2, 0.25) is 65.0 Å². The summed E-state index contributed by atoms with van der Waals surface area (Å²) >= 11 is 0. The Morgan fingerprint density at radius 1 is 0.551 bits per heavy atom. The zero-order valence-corrected chi connectivity index (χ0v) is 56.8. The Morgan fingerprint density at radius 2 is 1.04 bits per heavy atom. The van der Waals surface area contributed by atoms with Crippen molar-refractivity contribution < 1.29 is 87.5 Å². The van der Waals surface area contributed by atoms with Crippen LogP contribution < -0.4 is 81.4 Å². The number of nitrogens with two attached hydrogens (primary N) is 4. The van der Waals surface area contributed by atoms with E-state index in [1.54, 1.807) is 58.0 Å². The van der Waals surface area contributed by atoms with Crippen molar-refractivity contribution in [3.63, 3.8) is 0 Å². The number of amides is 11. The van der Waals surface area contributed by atoms with E-state index < -0.39 is 181 Å². The molecule has 35 nitrogen and oxygen atoms in total. The molecule has 0 spiro atoms. The number of hydrogen-bond acceptors (Lipinski definition) is 19. The third-order valence-electron chi connectivity index (χ3n) is 15.7. The SMILES string of the molecule is CC(C)C[C@H](NC(=O)[C@H](Cc1ccccc1)NC(=O)[C@H](CCCCN)NC(=O)[C@@H]1CCCN1C(=O)[C@H](CC(=O)O)NC(=O)[C@@H](NC(=O)CNC(=O)[C@H](CCCCN)NC(=O)[C@H](CC(C)C)NC(=O)[C@H](CO)NC(=O)[C@@H](N)CCC(=O)O)C(C)C)C(=O)N[C@@H](CCCNC(=N)N)C(=O)O. The van der Waals surface area contributed by atoms with Crippen LogP contribution in [0.3, 0.4) is 0 Å². The molecule has 1 aromatic rings. The zero-order valence-electron chi connectivity index (χ0n) is 56.8. The first-order chi connectivity index (χ1) is 46.2. The quantitative estimate of drug-likeness (QED) is 0.0167. The van der Waals surface area contributed by atoms with Gasteiger partial charge in [0.25, 0.3) is 0 Å². The number of carboxylic acids is 3. The predicted octanol–water partition coefficient (Wildman–Crippen LogP) is -4.29. The Bertz CT molecular complexity index is 2850. The van der Waals surface area contributed by atoms with E-state index in [0.717, 1.165) is 4.90 Å². The third kappa shape index (κ3) is 31.9. The largest absolute Gasteiger partial charge is 0.481 e. The monoisotopic (exact) mass is 1390 g/mol. The van der Waals surface area contributed by atoms with Crippen molar-refractivity contribution in [1.29, 1.82) is 5.41 Å². The van der Waals surface area contributed by atoms with Gasteiger partial charge < -0.3 is 107 Å². The van der Waals surface area contributed by atoms with Gasteiger partial charge in [-0.1, -0.05) is 71.9 Å². The first-order valence-electron chi connectivity index (χ1n) is 33.1. The molecule has 11 amide bonds. The molecule has 1 aromatic carbocycles. The van der Waals surface area contributed by atoms with E-state index in [1.165, 1.54) is 13.8 Å². The minimum Gasteiger partial charge on any atom is -0.481 e. The normalized spacial score (nSPS) is 15.8. The maximum absolute atomic E-state index is 14.5. The number of nitrogens with one attached hydrogen (secondary N) is 12. The molecule has 1 fully saturated rings. The molecule has 2 rings (SSSR count). The summed E-state index contributed by atoms with van der Waals surface area (Å²) in [5, 5.41) is 74.0. The number of aliphatic carboxylic acids is 3. The van der Waals surface area contributed by atoms with Gasteiger partial charge in [-0.3, -0.25) is 67.7 Å². The van der Waals surface area contributed by atoms with E-state index in [4.69, 9.17) is 33.5 Å². The number of aliphatic hydroxyl groups is 1. The number of carbonyl (C=O) groups is 14. The molecule has 1 aliphatic rings. The van der Waals surface area contributed by atoms with Crippen molar-refractivity contribution in [3.8, 4) is 0 Å². The highest BCUT2D eigenvalue weighted by Gasteiger charge is 2.42. The summed E-state index contributed by atoms with van der Waals surface area (Å²) < 4.78 is 0. The van der Waals surface area contributed by atoms with Gasteiger partial charge in [0, 0.05) is 25.9 Å². The van der Waals surface area contributed by atoms with E-state index in [1.807, 2.05) is 0 Å². The Labute approximate surface area is 570 Å². The summed E-state index contributed by atoms with van der Waals surface area (Å²) in [5.74, 6) is -15.5. The van der Waals surface area contributed by atoms with Crippen LogP contribution in [0.2, 0.25) is 0 Å². The predicted molar refractivity (Wildman–Crippen MR) is 356 cm³/mol. The molecule has 24 N–H and O–H groups in total. The van der Waals surface area contributed by atoms with Crippen LogP contribution in [0.25, 0.3) is 0 Å². The van der Waals surface area contributed by atoms with Crippen molar-refractivity contribution in [3.05, 3.63) is 35.9 Å². The van der Waals surface area contributed by atoms with Crippen molar-refractivity contribution >= 4 is 88.8 Å². The van der Waals surface area contributed by atoms with Crippen LogP contribution in [-0.2, 0) is 73.5 Å². The topological polar surface area (TPSA) is 583 Å². The average Bonchev–Trinajstić information content (AvgIpc) is 1.58. The van der Waals surface area contributed by atoms with E-state index >= 15 is 0 Å². The molecular formula is C63H105N17O18. The van der Waals surface area contributed by atoms with E-state index in [0.29, 0.717) is 31.2 Å². The number of carbonyl (C=O) groups excluding carboxylic acids is 11. The molecule has 1 heterocycles. The first kappa shape index (κ1) is 85.0. The summed E-state index contributed by atoms with van der Waals surface area (Å²) in [5.41, 5.74) is 23.2. The molecular weight excluding hydrogens is 1280 g/mol. The molecule has 0 unspecified atom stereocenters. The summed E-state index contributed by atoms with van der Waals surface area (Å²) in [6, 6.07) is -7.05. The summed E-state index contributed by atoms with van der Waals surface area (Å²) in [7, 11) is 0. The third-order valence-corrected chi connectivity index (χ3v) is 15.7. The van der Waals surface area contributed by atoms with Crippen LogP contribution in [-0.4, -0.2) is 220 Å². The number of likely N-dealkylation sites (tertiary alicyclic amines) is 1. The lowest BCUT2D eigenvalue weighted by Crippen LogP contribution is -2.60. The molecule has 0 aromatic heterocycles. The summed E-state index contributed by atoms with van der Waals surface area (Å²) in [6.45, 7) is 8.87. The Hall–Kier alpha value is -9.09. The standard InChI is InChI=1S/C63H105N17O18/c1-34(2)28-42(75-58(93)46(33-81)78-52(87)38(66)22-23-49(83)84)55(90)71-39(18-10-12-24-64)53(88)70-32-48(82)79-51(36(5)6)60(95)77-45(31-50(85)86)61(96)80-27-15-21-47(80)59(94)72-40(19-11-13-25-65)54(89)76-44(30-37-16-8-7-9-17-37)57(92)74-43(29-35(3)4)56(91)73-41(62(97)98)20-14-26-69-63(67)68/h7-9,16-17,34-36,38-47,51,81H,10-15,18-33,64-66H2,1-6H3,(H,70,88)(H,71,90)(H,72,94)(H,73,91)(H,74,92)(H,75,93)(H,76,89)(H,77,95)(H,78,87)(H,79,82)(H,83,84)(H,85,86)(H,97,98)(H4,67,68,69)/t38-,39-,40-,41-,42-,43-,44-,45-,46-,47-,51-/m0/s1. The van der Waals surface area contributed by atoms with Crippen molar-refractivity contribution in [2.45, 2.75) is 211 Å². The van der Waals surface area contributed by atoms with Crippen molar-refractivity contribution in [2.24, 2.45) is 40.7 Å². The minimum atomic E-state index is -1.82. The molecule has 0 radical (unpaired) electrons. The number of unbranched alkanes of at least 4 members (excludes halogenated alkanes) is 2. The van der Waals surface area contributed by atoms with Gasteiger partial charge in [-0.25, -0.2) is 4.79 Å². The van der Waals surface area contributed by atoms with E-state index in [9.17, 15) is 82.4 Å². The summed E-state index contributed by atoms with van der Waals surface area (Å²) in [4.78, 5) is 189. The van der Waals surface area contributed by atoms with E-state index in [-0.39, 0.29) is 108 Å². The molecule has 0 saturated carbocycles. The highest BCUT2D eigenvalue weighted by molar-refractivity contribution is 6.00. The maximum atomic E-state index is 14.5. The maximum Gasteiger partial charge on any atom is 0.326 e. The molecule has 11 atom stereocenters. The fourth-order valence-electron chi connectivity index (χ4n) is 10.5. The first-order valence-corrected chi connectivity index (χ1v) is 33.1. The molecule has 550 valence electrons. The van der Waals surface area contributed by atoms with Gasteiger partial charge in [-0.15, -0.1) is 0 Å². The Morgan fingerprint density at radius 3 is 1.55 bits per heavy atom. The number of benzene rings is 1. The fraction of sp³-hybridized carbons (Fsp3) is 0.667. The van der Waals surface area contributed by atoms with Gasteiger partial charge in [0.1, 0.15) is 60.4 Å². The van der Waals surface area contributed by atoms with Crippen molar-refractivity contribution in [1.82, 2.24) is 63.4 Å². The second-order valence-corrected chi connectivity index (χ2v) is 25.3. The van der Waals surface area contributed by atoms with Crippen LogP contribution in [0.15, 0.2) is 30.3 Å². The molecule has 0 aliphatic carbocycles. The summed E-state index contributed by atoms with van der Waals surface area (Å²) in [6.07, 6.45) is 0.0618. The van der Waals surface area contributed by atoms with Crippen LogP contribution in [0.1, 0.15) is 143 Å². The van der Waals surface area contributed by atoms with Gasteiger partial charge in [-0.05, 0) is 120 Å². The number of aliphatic hydroxyl groups excluding tert-OH is 1. The molecule has 98 heavy (non-hydrogen) atoms. The minimum absolute atomic E-state index is 0.00523. The fourth-order valence-corrected chi connectivity index (χ4v) is 10.5. The number of hydrogen-bond donors (Lipinski definition) is 20. The number of carboxylic acid groups (broad SMARTS) is 3. The van der Waals surface area contributed by atoms with Crippen LogP contribution in [0.4, 0.5) is 0 Å². The highest BCUT2D eigenvalue weighted by atomic mass is 16.4. The van der Waals surface area contributed by atoms with Crippen LogP contribution >= 0.6 is 0 Å². The number of nitrogens with zero attached hydrogens (tertiary/aromatic N) is 1. The van der Waals surface area contributed by atoms with Crippen LogP contribution in [0.5, 0.6) is 0 Å². The lowest BCUT2D eigenvalue weighted by atomic mass is 10.00. The van der Waals surface area contributed by atoms with Crippen LogP contribution in [0, 0.1) is 23.2 Å². The van der Waals surface area contributed by atoms with Gasteiger partial charge >= 0.3 is 17.9 Å². The average molecular weight is 1390 g/mol. The number of guanidine groups is 1. The van der Waals surface area contributed by atoms with Crippen molar-refractivity contribution in [2.75, 3.05) is 39.3 Å². The molecule has 0 bridgehead atoms. The van der Waals surface area contributed by atoms with E-state index in [2.05, 4.69) is 58.5 Å². The molecule has 1 saturated heterocycles. The second kappa shape index (κ2) is 44.7. The van der Waals surface area contributed by atoms with Gasteiger partial charge in [-0.2, -0.15) is 0 Å². The lowest BCUT2D eigenvalue weighted by molar-refractivity contribution is -0.146. The lowest BCUT2D eigenvalue weighted by Gasteiger charge is -2.31. The molecule has 35 heteroatoms. The van der Waals surface area contributed by atoms with Gasteiger partial charge in [0.15, 0.2) is 5.96 Å². The zero-order chi connectivity index (χ0) is 73.8. The Kier molecular flexibility index (Phi) is 38.8. The number of rotatable bonds is 47.